The van der Waals surface area contributed by atoms with Gasteiger partial charge in [-0.25, -0.2) is 0 Å². The topological polar surface area (TPSA) is 64.8 Å². The summed E-state index contributed by atoms with van der Waals surface area (Å²) in [7, 11) is 1.62. The first-order chi connectivity index (χ1) is 7.17. The number of nitrogens with two attached hydrogens (primary N) is 1. The Morgan fingerprint density at radius 1 is 1.53 bits per heavy atom. The molecule has 0 aromatic heterocycles. The highest BCUT2D eigenvalue weighted by Gasteiger charge is 2.17. The first kappa shape index (κ1) is 14.3. The van der Waals surface area contributed by atoms with Crippen molar-refractivity contribution in [3.05, 3.63) is 0 Å². The Labute approximate surface area is 91.5 Å². The molecule has 0 aliphatic carbocycles. The number of ether oxygens (including phenoxy) is 2. The van der Waals surface area contributed by atoms with E-state index in [0.717, 1.165) is 0 Å². The summed E-state index contributed by atoms with van der Waals surface area (Å²) in [4.78, 5) is 13.4. The lowest BCUT2D eigenvalue weighted by Gasteiger charge is -2.27. The zero-order valence-corrected chi connectivity index (χ0v) is 9.86. The second kappa shape index (κ2) is 8.64. The number of rotatable bonds is 8. The molecule has 5 heteroatoms. The summed E-state index contributed by atoms with van der Waals surface area (Å²) in [5.74, 6) is -0.0181. The third-order valence-corrected chi connectivity index (χ3v) is 2.09. The van der Waals surface area contributed by atoms with Crippen LogP contribution >= 0.6 is 0 Å². The molecule has 5 nitrogen and oxygen atoms in total. The average Bonchev–Trinajstić information content (AvgIpc) is 2.19. The van der Waals surface area contributed by atoms with Crippen LogP contribution in [-0.4, -0.2) is 56.9 Å². The Bertz CT molecular complexity index is 176. The SMILES string of the molecule is CCN(C(=O)COCCN)C(C)COC. The summed E-state index contributed by atoms with van der Waals surface area (Å²) >= 11 is 0. The molecular formula is C10H22N2O3. The van der Waals surface area contributed by atoms with Crippen LogP contribution in [0.4, 0.5) is 0 Å². The van der Waals surface area contributed by atoms with E-state index in [2.05, 4.69) is 0 Å². The molecule has 0 spiro atoms. The van der Waals surface area contributed by atoms with Crippen LogP contribution in [0.2, 0.25) is 0 Å². The molecule has 90 valence electrons. The van der Waals surface area contributed by atoms with E-state index in [-0.39, 0.29) is 18.6 Å². The number of carbonyl (C=O) groups excluding carboxylic acids is 1. The summed E-state index contributed by atoms with van der Waals surface area (Å²) in [6.07, 6.45) is 0. The second-order valence-electron chi connectivity index (χ2n) is 3.33. The van der Waals surface area contributed by atoms with Gasteiger partial charge in [-0.1, -0.05) is 0 Å². The fourth-order valence-corrected chi connectivity index (χ4v) is 1.39. The zero-order valence-electron chi connectivity index (χ0n) is 9.86. The molecule has 0 aliphatic rings. The van der Waals surface area contributed by atoms with Crippen LogP contribution in [0, 0.1) is 0 Å². The summed E-state index contributed by atoms with van der Waals surface area (Å²) < 4.78 is 10.1. The van der Waals surface area contributed by atoms with Crippen molar-refractivity contribution < 1.29 is 14.3 Å². The van der Waals surface area contributed by atoms with E-state index in [9.17, 15) is 4.79 Å². The highest BCUT2D eigenvalue weighted by Crippen LogP contribution is 2.00. The molecule has 2 N–H and O–H groups in total. The Hall–Kier alpha value is -0.650. The molecule has 0 aliphatic heterocycles. The Balaban J connectivity index is 3.97. The second-order valence-corrected chi connectivity index (χ2v) is 3.33. The molecular weight excluding hydrogens is 196 g/mol. The van der Waals surface area contributed by atoms with Crippen LogP contribution in [0.25, 0.3) is 0 Å². The number of carbonyl (C=O) groups is 1. The summed E-state index contributed by atoms with van der Waals surface area (Å²) in [6.45, 7) is 6.04. The molecule has 0 bridgehead atoms. The maximum atomic E-state index is 11.7. The molecule has 15 heavy (non-hydrogen) atoms. The number of hydrogen-bond acceptors (Lipinski definition) is 4. The van der Waals surface area contributed by atoms with Crippen molar-refractivity contribution in [1.82, 2.24) is 4.90 Å². The van der Waals surface area contributed by atoms with E-state index in [1.165, 1.54) is 0 Å². The van der Waals surface area contributed by atoms with E-state index < -0.39 is 0 Å². The fourth-order valence-electron chi connectivity index (χ4n) is 1.39. The molecule has 0 saturated carbocycles. The van der Waals surface area contributed by atoms with E-state index in [1.54, 1.807) is 12.0 Å². The third-order valence-electron chi connectivity index (χ3n) is 2.09. The van der Waals surface area contributed by atoms with E-state index >= 15 is 0 Å². The van der Waals surface area contributed by atoms with Gasteiger partial charge < -0.3 is 20.1 Å². The summed E-state index contributed by atoms with van der Waals surface area (Å²) in [5, 5.41) is 0. The zero-order chi connectivity index (χ0) is 11.7. The first-order valence-corrected chi connectivity index (χ1v) is 5.23. The van der Waals surface area contributed by atoms with Crippen LogP contribution in [0.1, 0.15) is 13.8 Å². The van der Waals surface area contributed by atoms with Gasteiger partial charge >= 0.3 is 0 Å². The summed E-state index contributed by atoms with van der Waals surface area (Å²) in [5.41, 5.74) is 5.26. The van der Waals surface area contributed by atoms with Gasteiger partial charge in [0.1, 0.15) is 6.61 Å². The first-order valence-electron chi connectivity index (χ1n) is 5.23. The minimum absolute atomic E-state index is 0.0181. The summed E-state index contributed by atoms with van der Waals surface area (Å²) in [6, 6.07) is 0.0778. The quantitative estimate of drug-likeness (QED) is 0.575. The number of hydrogen-bond donors (Lipinski definition) is 1. The molecule has 0 radical (unpaired) electrons. The monoisotopic (exact) mass is 218 g/mol. The van der Waals surface area contributed by atoms with Crippen molar-refractivity contribution >= 4 is 5.91 Å². The molecule has 0 fully saturated rings. The minimum atomic E-state index is -0.0181. The van der Waals surface area contributed by atoms with Gasteiger partial charge in [-0.15, -0.1) is 0 Å². The van der Waals surface area contributed by atoms with Crippen LogP contribution in [-0.2, 0) is 14.3 Å². The number of methoxy groups -OCH3 is 1. The van der Waals surface area contributed by atoms with E-state index in [4.69, 9.17) is 15.2 Å². The van der Waals surface area contributed by atoms with Crippen molar-refractivity contribution in [2.75, 3.05) is 40.0 Å². The lowest BCUT2D eigenvalue weighted by molar-refractivity contribution is -0.138. The van der Waals surface area contributed by atoms with Crippen LogP contribution < -0.4 is 5.73 Å². The maximum absolute atomic E-state index is 11.7. The molecule has 0 rings (SSSR count). The van der Waals surface area contributed by atoms with Crippen molar-refractivity contribution in [3.63, 3.8) is 0 Å². The Kier molecular flexibility index (Phi) is 8.27. The van der Waals surface area contributed by atoms with Crippen LogP contribution in [0.5, 0.6) is 0 Å². The number of amides is 1. The minimum Gasteiger partial charge on any atom is -0.383 e. The van der Waals surface area contributed by atoms with Gasteiger partial charge in [0, 0.05) is 20.2 Å². The Morgan fingerprint density at radius 3 is 2.67 bits per heavy atom. The maximum Gasteiger partial charge on any atom is 0.248 e. The largest absolute Gasteiger partial charge is 0.383 e. The predicted molar refractivity (Wildman–Crippen MR) is 58.6 cm³/mol. The third kappa shape index (κ3) is 5.71. The van der Waals surface area contributed by atoms with E-state index in [1.807, 2.05) is 13.8 Å². The molecule has 1 atom stereocenters. The van der Waals surface area contributed by atoms with Gasteiger partial charge in [0.15, 0.2) is 0 Å². The predicted octanol–water partition coefficient (Wildman–Crippen LogP) is -0.155. The fraction of sp³-hybridized carbons (Fsp3) is 0.900. The highest BCUT2D eigenvalue weighted by molar-refractivity contribution is 5.77. The van der Waals surface area contributed by atoms with Crippen LogP contribution in [0.15, 0.2) is 0 Å². The average molecular weight is 218 g/mol. The lowest BCUT2D eigenvalue weighted by Crippen LogP contribution is -2.43. The smallest absolute Gasteiger partial charge is 0.248 e. The van der Waals surface area contributed by atoms with Gasteiger partial charge in [-0.05, 0) is 13.8 Å². The molecule has 0 aromatic rings. The van der Waals surface area contributed by atoms with Gasteiger partial charge in [-0.3, -0.25) is 4.79 Å². The van der Waals surface area contributed by atoms with Crippen molar-refractivity contribution in [1.29, 1.82) is 0 Å². The van der Waals surface area contributed by atoms with Gasteiger partial charge in [0.05, 0.1) is 19.3 Å². The lowest BCUT2D eigenvalue weighted by atomic mass is 10.3. The molecule has 1 unspecified atom stereocenters. The highest BCUT2D eigenvalue weighted by atomic mass is 16.5. The van der Waals surface area contributed by atoms with Crippen molar-refractivity contribution in [2.45, 2.75) is 19.9 Å². The van der Waals surface area contributed by atoms with E-state index in [0.29, 0.717) is 26.3 Å². The Morgan fingerprint density at radius 2 is 2.20 bits per heavy atom. The molecule has 0 aromatic carbocycles. The van der Waals surface area contributed by atoms with Crippen LogP contribution in [0.3, 0.4) is 0 Å². The standard InChI is InChI=1S/C10H22N2O3/c1-4-12(9(2)7-14-3)10(13)8-15-6-5-11/h9H,4-8,11H2,1-3H3. The molecule has 1 amide bonds. The van der Waals surface area contributed by atoms with Crippen molar-refractivity contribution in [2.24, 2.45) is 5.73 Å². The van der Waals surface area contributed by atoms with Crippen molar-refractivity contribution in [3.8, 4) is 0 Å². The normalized spacial score (nSPS) is 12.5. The van der Waals surface area contributed by atoms with Gasteiger partial charge in [0.2, 0.25) is 5.91 Å². The van der Waals surface area contributed by atoms with Gasteiger partial charge in [-0.2, -0.15) is 0 Å². The number of likely N-dealkylation sites (N-methyl/N-ethyl adjacent to an activating group) is 1. The van der Waals surface area contributed by atoms with Gasteiger partial charge in [0.25, 0.3) is 0 Å². The molecule has 0 heterocycles. The number of nitrogens with zero attached hydrogens (tertiary/aromatic N) is 1. The molecule has 0 saturated heterocycles.